The van der Waals surface area contributed by atoms with Crippen LogP contribution in [0.15, 0.2) is 59.5 Å². The van der Waals surface area contributed by atoms with Gasteiger partial charge in [-0.15, -0.1) is 0 Å². The standard InChI is InChI=1S/C11H13NO2.C11H12OS.C2H6/c1-2-9-3-5-10(6-4-9)7-8-11(13)12-14;1-2-5-9-8-6-3-4-7-10(8)13-11(9)12;1-2/h3-8,14H,2H2,1H3,(H,12,13);3-4,6-7,9H,2,5H2,1H3;1-2H3/b8-7+;;. The third-order valence-electron chi connectivity index (χ3n) is 4.29. The average Bonchev–Trinajstić information content (AvgIpc) is 3.09. The highest BCUT2D eigenvalue weighted by Crippen LogP contribution is 2.42. The minimum Gasteiger partial charge on any atom is -0.288 e. The molecule has 5 heteroatoms. The Morgan fingerprint density at radius 3 is 2.34 bits per heavy atom. The van der Waals surface area contributed by atoms with Gasteiger partial charge < -0.3 is 0 Å². The number of rotatable bonds is 5. The molecule has 0 saturated carbocycles. The first-order valence-electron chi connectivity index (χ1n) is 10.1. The second-order valence-corrected chi connectivity index (χ2v) is 7.25. The fourth-order valence-corrected chi connectivity index (χ4v) is 3.88. The molecule has 1 aliphatic rings. The first kappa shape index (κ1) is 24.7. The van der Waals surface area contributed by atoms with Crippen LogP contribution in [0.1, 0.15) is 63.1 Å². The molecular weight excluding hydrogens is 382 g/mol. The molecule has 0 fully saturated rings. The van der Waals surface area contributed by atoms with Gasteiger partial charge in [-0.1, -0.05) is 88.3 Å². The Kier molecular flexibility index (Phi) is 11.7. The number of hydrogen-bond donors (Lipinski definition) is 2. The maximum atomic E-state index is 11.6. The first-order chi connectivity index (χ1) is 14.1. The lowest BCUT2D eigenvalue weighted by molar-refractivity contribution is -0.124. The number of hydroxylamine groups is 1. The molecule has 156 valence electrons. The summed E-state index contributed by atoms with van der Waals surface area (Å²) in [6, 6.07) is 16.0. The van der Waals surface area contributed by atoms with Gasteiger partial charge in [-0.25, -0.2) is 5.48 Å². The summed E-state index contributed by atoms with van der Waals surface area (Å²) < 4.78 is 0. The Hall–Kier alpha value is -2.37. The van der Waals surface area contributed by atoms with Gasteiger partial charge in [0.05, 0.1) is 5.92 Å². The first-order valence-corrected chi connectivity index (χ1v) is 10.9. The van der Waals surface area contributed by atoms with E-state index in [9.17, 15) is 9.59 Å². The highest BCUT2D eigenvalue weighted by molar-refractivity contribution is 8.14. The molecule has 0 aromatic heterocycles. The zero-order valence-electron chi connectivity index (χ0n) is 17.6. The number of carbonyl (C=O) groups is 2. The van der Waals surface area contributed by atoms with Crippen LogP contribution in [0.4, 0.5) is 0 Å². The molecule has 1 aliphatic heterocycles. The van der Waals surface area contributed by atoms with E-state index in [4.69, 9.17) is 5.21 Å². The summed E-state index contributed by atoms with van der Waals surface area (Å²) in [5.41, 5.74) is 4.96. The van der Waals surface area contributed by atoms with Crippen LogP contribution in [0, 0.1) is 0 Å². The Balaban J connectivity index is 0.000000268. The predicted molar refractivity (Wildman–Crippen MR) is 121 cm³/mol. The van der Waals surface area contributed by atoms with Crippen molar-refractivity contribution in [3.05, 3.63) is 71.3 Å². The quantitative estimate of drug-likeness (QED) is 0.359. The second kappa shape index (κ2) is 13.7. The molecule has 1 heterocycles. The minimum atomic E-state index is -0.524. The fourth-order valence-electron chi connectivity index (χ4n) is 2.80. The van der Waals surface area contributed by atoms with Crippen molar-refractivity contribution in [2.75, 3.05) is 0 Å². The topological polar surface area (TPSA) is 66.4 Å². The molecular formula is C24H31NO3S. The van der Waals surface area contributed by atoms with Crippen LogP contribution in [-0.2, 0) is 16.0 Å². The molecule has 2 aromatic rings. The van der Waals surface area contributed by atoms with Gasteiger partial charge in [0.1, 0.15) is 0 Å². The monoisotopic (exact) mass is 413 g/mol. The van der Waals surface area contributed by atoms with Gasteiger partial charge in [-0.2, -0.15) is 0 Å². The van der Waals surface area contributed by atoms with E-state index in [1.165, 1.54) is 34.4 Å². The Labute approximate surface area is 178 Å². The van der Waals surface area contributed by atoms with E-state index in [0.29, 0.717) is 5.12 Å². The lowest BCUT2D eigenvalue weighted by atomic mass is 9.96. The number of benzene rings is 2. The molecule has 2 N–H and O–H groups in total. The van der Waals surface area contributed by atoms with Gasteiger partial charge in [-0.05, 0) is 41.7 Å². The predicted octanol–water partition coefficient (Wildman–Crippen LogP) is 6.00. The van der Waals surface area contributed by atoms with E-state index in [2.05, 4.69) is 19.9 Å². The smallest absolute Gasteiger partial charge is 0.267 e. The summed E-state index contributed by atoms with van der Waals surface area (Å²) in [5.74, 6) is -0.365. The molecule has 4 nitrogen and oxygen atoms in total. The van der Waals surface area contributed by atoms with E-state index in [-0.39, 0.29) is 5.92 Å². The summed E-state index contributed by atoms with van der Waals surface area (Å²) in [6.07, 6.45) is 5.99. The SMILES string of the molecule is CC.CCCC1C(=O)Sc2ccccc21.CCc1ccc(/C=C/C(=O)NO)cc1. The average molecular weight is 414 g/mol. The van der Waals surface area contributed by atoms with Crippen molar-refractivity contribution in [3.63, 3.8) is 0 Å². The molecule has 1 amide bonds. The van der Waals surface area contributed by atoms with Crippen molar-refractivity contribution in [1.29, 1.82) is 0 Å². The fraction of sp³-hybridized carbons (Fsp3) is 0.333. The molecule has 0 saturated heterocycles. The van der Waals surface area contributed by atoms with Crippen molar-refractivity contribution in [3.8, 4) is 0 Å². The summed E-state index contributed by atoms with van der Waals surface area (Å²) in [5, 5.41) is 8.57. The second-order valence-electron chi connectivity index (χ2n) is 6.20. The third-order valence-corrected chi connectivity index (χ3v) is 5.37. The van der Waals surface area contributed by atoms with Crippen molar-refractivity contribution in [2.24, 2.45) is 0 Å². The number of nitrogens with one attached hydrogen (secondary N) is 1. The number of fused-ring (bicyclic) bond motifs is 1. The lowest BCUT2D eigenvalue weighted by Crippen LogP contribution is -2.14. The number of amides is 1. The van der Waals surface area contributed by atoms with E-state index < -0.39 is 5.91 Å². The maximum Gasteiger partial charge on any atom is 0.267 e. The molecule has 29 heavy (non-hydrogen) atoms. The van der Waals surface area contributed by atoms with E-state index in [1.807, 2.05) is 56.3 Å². The van der Waals surface area contributed by atoms with Crippen LogP contribution < -0.4 is 5.48 Å². The number of thioether (sulfide) groups is 1. The number of hydrogen-bond acceptors (Lipinski definition) is 4. The molecule has 0 aliphatic carbocycles. The Bertz CT molecular complexity index is 800. The number of aryl methyl sites for hydroxylation is 1. The normalized spacial score (nSPS) is 14.4. The van der Waals surface area contributed by atoms with Crippen LogP contribution in [0.2, 0.25) is 0 Å². The van der Waals surface area contributed by atoms with Gasteiger partial charge in [0, 0.05) is 11.0 Å². The van der Waals surface area contributed by atoms with Gasteiger partial charge in [-0.3, -0.25) is 14.8 Å². The highest BCUT2D eigenvalue weighted by atomic mass is 32.2. The molecule has 1 atom stereocenters. The summed E-state index contributed by atoms with van der Waals surface area (Å²) in [6.45, 7) is 8.21. The lowest BCUT2D eigenvalue weighted by Gasteiger charge is -2.05. The Morgan fingerprint density at radius 2 is 1.76 bits per heavy atom. The highest BCUT2D eigenvalue weighted by Gasteiger charge is 2.29. The Morgan fingerprint density at radius 1 is 1.10 bits per heavy atom. The van der Waals surface area contributed by atoms with Crippen molar-refractivity contribution in [1.82, 2.24) is 5.48 Å². The van der Waals surface area contributed by atoms with Crippen LogP contribution >= 0.6 is 11.8 Å². The van der Waals surface area contributed by atoms with E-state index >= 15 is 0 Å². The molecule has 0 radical (unpaired) electrons. The van der Waals surface area contributed by atoms with Gasteiger partial charge >= 0.3 is 0 Å². The molecule has 1 unspecified atom stereocenters. The largest absolute Gasteiger partial charge is 0.288 e. The van der Waals surface area contributed by atoms with E-state index in [1.54, 1.807) is 6.08 Å². The summed E-state index contributed by atoms with van der Waals surface area (Å²) in [4.78, 5) is 23.4. The summed E-state index contributed by atoms with van der Waals surface area (Å²) in [7, 11) is 0. The van der Waals surface area contributed by atoms with Crippen molar-refractivity contribution in [2.45, 2.75) is 57.8 Å². The van der Waals surface area contributed by atoms with Crippen molar-refractivity contribution >= 4 is 28.9 Å². The maximum absolute atomic E-state index is 11.6. The van der Waals surface area contributed by atoms with E-state index in [0.717, 1.165) is 29.7 Å². The summed E-state index contributed by atoms with van der Waals surface area (Å²) >= 11 is 1.40. The van der Waals surface area contributed by atoms with Gasteiger partial charge in [0.15, 0.2) is 0 Å². The van der Waals surface area contributed by atoms with Crippen molar-refractivity contribution < 1.29 is 14.8 Å². The zero-order valence-corrected chi connectivity index (χ0v) is 18.5. The minimum absolute atomic E-state index is 0.159. The molecule has 0 spiro atoms. The van der Waals surface area contributed by atoms with Gasteiger partial charge in [0.2, 0.25) is 5.12 Å². The third kappa shape index (κ3) is 7.87. The molecule has 2 aromatic carbocycles. The van der Waals surface area contributed by atoms with Crippen LogP contribution in [0.3, 0.4) is 0 Å². The number of carbonyl (C=O) groups excluding carboxylic acids is 2. The molecule has 3 rings (SSSR count). The molecule has 0 bridgehead atoms. The van der Waals surface area contributed by atoms with Crippen LogP contribution in [0.25, 0.3) is 6.08 Å². The van der Waals surface area contributed by atoms with Crippen LogP contribution in [-0.4, -0.2) is 16.2 Å². The zero-order chi connectivity index (χ0) is 21.6. The van der Waals surface area contributed by atoms with Crippen LogP contribution in [0.5, 0.6) is 0 Å². The van der Waals surface area contributed by atoms with Gasteiger partial charge in [0.25, 0.3) is 5.91 Å².